The van der Waals surface area contributed by atoms with Crippen molar-refractivity contribution in [1.29, 1.82) is 0 Å². The van der Waals surface area contributed by atoms with Gasteiger partial charge in [-0.15, -0.1) is 0 Å². The zero-order valence-corrected chi connectivity index (χ0v) is 18.6. The van der Waals surface area contributed by atoms with Crippen LogP contribution in [0.5, 0.6) is 5.75 Å². The van der Waals surface area contributed by atoms with E-state index in [1.54, 1.807) is 55.6 Å². The van der Waals surface area contributed by atoms with Gasteiger partial charge < -0.3 is 9.47 Å². The van der Waals surface area contributed by atoms with Crippen molar-refractivity contribution in [2.45, 2.75) is 26.2 Å². The average Bonchev–Trinajstić information content (AvgIpc) is 2.79. The van der Waals surface area contributed by atoms with Crippen molar-refractivity contribution in [1.82, 2.24) is 4.98 Å². The molecule has 0 amide bonds. The van der Waals surface area contributed by atoms with E-state index in [4.69, 9.17) is 21.1 Å². The second-order valence-electron chi connectivity index (χ2n) is 7.10. The summed E-state index contributed by atoms with van der Waals surface area (Å²) in [5, 5.41) is 0.510. The maximum Gasteiger partial charge on any atom is 0.374 e. The van der Waals surface area contributed by atoms with Gasteiger partial charge in [-0.2, -0.15) is 0 Å². The topological polar surface area (TPSA) is 65.5 Å². The van der Waals surface area contributed by atoms with Crippen molar-refractivity contribution in [3.05, 3.63) is 82.4 Å². The van der Waals surface area contributed by atoms with Crippen LogP contribution in [0, 0.1) is 5.82 Å². The van der Waals surface area contributed by atoms with Crippen LogP contribution in [0.1, 0.15) is 30.2 Å². The molecule has 0 aliphatic heterocycles. The molecule has 0 bridgehead atoms. The van der Waals surface area contributed by atoms with E-state index in [-0.39, 0.29) is 18.8 Å². The minimum atomic E-state index is -0.824. The molecule has 0 saturated heterocycles. The van der Waals surface area contributed by atoms with Gasteiger partial charge in [0.15, 0.2) is 0 Å². The van der Waals surface area contributed by atoms with E-state index in [9.17, 15) is 9.59 Å². The summed E-state index contributed by atoms with van der Waals surface area (Å²) in [6, 6.07) is 14.0. The molecule has 0 N–H and O–H groups in total. The number of benzene rings is 2. The molecular formula is C25H23ClFNO4. The van der Waals surface area contributed by atoms with E-state index >= 15 is 4.39 Å². The highest BCUT2D eigenvalue weighted by Crippen LogP contribution is 2.36. The molecule has 0 radical (unpaired) electrons. The number of hydrogen-bond donors (Lipinski definition) is 0. The highest BCUT2D eigenvalue weighted by molar-refractivity contribution is 6.33. The summed E-state index contributed by atoms with van der Waals surface area (Å²) in [7, 11) is 1.50. The number of hydrogen-bond acceptors (Lipinski definition) is 5. The molecule has 7 heteroatoms. The van der Waals surface area contributed by atoms with Crippen LogP contribution in [0.2, 0.25) is 5.02 Å². The SMILES string of the molecule is CCOC(=O)C(=O)CCc1ccc(Cc2ccc(OC)c(-c3cccc(Cl)c3)c2F)cn1. The van der Waals surface area contributed by atoms with Crippen LogP contribution in [0.3, 0.4) is 0 Å². The van der Waals surface area contributed by atoms with Crippen molar-refractivity contribution in [3.63, 3.8) is 0 Å². The zero-order valence-electron chi connectivity index (χ0n) is 17.9. The molecule has 166 valence electrons. The first-order valence-electron chi connectivity index (χ1n) is 10.2. The predicted octanol–water partition coefficient (Wildman–Crippen LogP) is 5.21. The molecule has 0 unspecified atom stereocenters. The Morgan fingerprint density at radius 3 is 2.59 bits per heavy atom. The Bertz CT molecular complexity index is 1120. The molecule has 32 heavy (non-hydrogen) atoms. The third kappa shape index (κ3) is 5.71. The highest BCUT2D eigenvalue weighted by Gasteiger charge is 2.17. The van der Waals surface area contributed by atoms with Crippen molar-refractivity contribution in [2.75, 3.05) is 13.7 Å². The van der Waals surface area contributed by atoms with E-state index in [0.29, 0.717) is 46.0 Å². The quantitative estimate of drug-likeness (QED) is 0.327. The van der Waals surface area contributed by atoms with Gasteiger partial charge in [-0.25, -0.2) is 9.18 Å². The van der Waals surface area contributed by atoms with Gasteiger partial charge in [0.2, 0.25) is 5.78 Å². The molecule has 5 nitrogen and oxygen atoms in total. The van der Waals surface area contributed by atoms with Crippen LogP contribution >= 0.6 is 11.6 Å². The van der Waals surface area contributed by atoms with Crippen molar-refractivity contribution in [3.8, 4) is 16.9 Å². The maximum atomic E-state index is 15.4. The molecule has 0 atom stereocenters. The number of nitrogens with zero attached hydrogens (tertiary/aromatic N) is 1. The first kappa shape index (κ1) is 23.4. The van der Waals surface area contributed by atoms with Crippen LogP contribution in [-0.4, -0.2) is 30.5 Å². The Morgan fingerprint density at radius 2 is 1.94 bits per heavy atom. The fourth-order valence-electron chi connectivity index (χ4n) is 3.30. The standard InChI is InChI=1S/C25H23ClFNO4/c1-3-32-25(30)21(29)11-10-20-9-7-16(15-28-20)13-18-8-12-22(31-2)23(24(18)27)17-5-4-6-19(26)14-17/h4-9,12,14-15H,3,10-11,13H2,1-2H3. The van der Waals surface area contributed by atoms with Gasteiger partial charge >= 0.3 is 5.97 Å². The fraction of sp³-hybridized carbons (Fsp3) is 0.240. The largest absolute Gasteiger partial charge is 0.496 e. The lowest BCUT2D eigenvalue weighted by Crippen LogP contribution is -2.17. The van der Waals surface area contributed by atoms with E-state index in [1.165, 1.54) is 7.11 Å². The number of aromatic nitrogens is 1. The summed E-state index contributed by atoms with van der Waals surface area (Å²) in [5.41, 5.74) is 2.96. The Balaban J connectivity index is 1.75. The number of aryl methyl sites for hydroxylation is 1. The molecule has 0 aliphatic carbocycles. The molecular weight excluding hydrogens is 433 g/mol. The predicted molar refractivity (Wildman–Crippen MR) is 120 cm³/mol. The second kappa shape index (κ2) is 10.9. The van der Waals surface area contributed by atoms with Gasteiger partial charge in [0.05, 0.1) is 19.3 Å². The summed E-state index contributed by atoms with van der Waals surface area (Å²) in [6.45, 7) is 1.81. The molecule has 3 rings (SSSR count). The van der Waals surface area contributed by atoms with Gasteiger partial charge in [0.1, 0.15) is 11.6 Å². The fourth-order valence-corrected chi connectivity index (χ4v) is 3.49. The zero-order chi connectivity index (χ0) is 23.1. The number of pyridine rings is 1. The third-order valence-corrected chi connectivity index (χ3v) is 5.14. The minimum absolute atomic E-state index is 0.0291. The first-order valence-corrected chi connectivity index (χ1v) is 10.6. The van der Waals surface area contributed by atoms with Gasteiger partial charge in [-0.05, 0) is 54.3 Å². The number of carbonyl (C=O) groups excluding carboxylic acids is 2. The Labute approximate surface area is 191 Å². The lowest BCUT2D eigenvalue weighted by molar-refractivity contribution is -0.153. The number of esters is 1. The molecule has 0 saturated carbocycles. The molecule has 0 fully saturated rings. The number of ether oxygens (including phenoxy) is 2. The Morgan fingerprint density at radius 1 is 1.12 bits per heavy atom. The lowest BCUT2D eigenvalue weighted by Gasteiger charge is -2.14. The number of rotatable bonds is 9. The van der Waals surface area contributed by atoms with Crippen LogP contribution in [0.15, 0.2) is 54.7 Å². The van der Waals surface area contributed by atoms with Crippen molar-refractivity contribution in [2.24, 2.45) is 0 Å². The highest BCUT2D eigenvalue weighted by atomic mass is 35.5. The van der Waals surface area contributed by atoms with Gasteiger partial charge in [0, 0.05) is 29.8 Å². The third-order valence-electron chi connectivity index (χ3n) is 4.91. The minimum Gasteiger partial charge on any atom is -0.496 e. The molecule has 0 aliphatic rings. The normalized spacial score (nSPS) is 10.6. The molecule has 1 heterocycles. The number of halogens is 2. The molecule has 1 aromatic heterocycles. The number of Topliss-reactive ketones (excluding diaryl/α,β-unsaturated/α-hetero) is 1. The average molecular weight is 456 g/mol. The molecule has 0 spiro atoms. The Hall–Kier alpha value is -3.25. The van der Waals surface area contributed by atoms with Gasteiger partial charge in [-0.1, -0.05) is 35.9 Å². The van der Waals surface area contributed by atoms with Gasteiger partial charge in [-0.3, -0.25) is 9.78 Å². The van der Waals surface area contributed by atoms with E-state index in [1.807, 2.05) is 6.07 Å². The number of methoxy groups -OCH3 is 1. The van der Waals surface area contributed by atoms with Crippen LogP contribution in [-0.2, 0) is 27.2 Å². The van der Waals surface area contributed by atoms with Gasteiger partial charge in [0.25, 0.3) is 0 Å². The maximum absolute atomic E-state index is 15.4. The number of ketones is 1. The molecule has 3 aromatic rings. The smallest absolute Gasteiger partial charge is 0.374 e. The van der Waals surface area contributed by atoms with Crippen molar-refractivity contribution >= 4 is 23.4 Å². The van der Waals surface area contributed by atoms with Crippen LogP contribution in [0.4, 0.5) is 4.39 Å². The lowest BCUT2D eigenvalue weighted by atomic mass is 9.97. The first-order chi connectivity index (χ1) is 15.4. The van der Waals surface area contributed by atoms with Crippen LogP contribution in [0.25, 0.3) is 11.1 Å². The summed E-state index contributed by atoms with van der Waals surface area (Å²) < 4.78 is 25.5. The number of carbonyl (C=O) groups is 2. The van der Waals surface area contributed by atoms with E-state index in [2.05, 4.69) is 4.98 Å². The second-order valence-corrected chi connectivity index (χ2v) is 7.54. The Kier molecular flexibility index (Phi) is 7.95. The summed E-state index contributed by atoms with van der Waals surface area (Å²) >= 11 is 6.09. The van der Waals surface area contributed by atoms with Crippen molar-refractivity contribution < 1.29 is 23.5 Å². The summed E-state index contributed by atoms with van der Waals surface area (Å²) in [6.07, 6.45) is 2.33. The monoisotopic (exact) mass is 455 g/mol. The van der Waals surface area contributed by atoms with E-state index < -0.39 is 11.8 Å². The summed E-state index contributed by atoms with van der Waals surface area (Å²) in [4.78, 5) is 27.5. The van der Waals surface area contributed by atoms with E-state index in [0.717, 1.165) is 5.56 Å². The van der Waals surface area contributed by atoms with Crippen LogP contribution < -0.4 is 4.74 Å². The molecule has 2 aromatic carbocycles. The summed E-state index contributed by atoms with van der Waals surface area (Å²) in [5.74, 6) is -1.36.